The van der Waals surface area contributed by atoms with E-state index in [0.717, 1.165) is 37.7 Å². The number of aryl methyl sites for hydroxylation is 2. The first kappa shape index (κ1) is 20.6. The number of aromatic nitrogens is 2. The van der Waals surface area contributed by atoms with Crippen molar-refractivity contribution < 1.29 is 14.1 Å². The molecule has 1 saturated carbocycles. The number of urea groups is 1. The summed E-state index contributed by atoms with van der Waals surface area (Å²) in [5, 5.41) is 7.23. The fraction of sp³-hybridized carbons (Fsp3) is 0.565. The molecule has 3 amide bonds. The molecule has 2 aliphatic rings. The Morgan fingerprint density at radius 1 is 1.17 bits per heavy atom. The maximum absolute atomic E-state index is 12.9. The summed E-state index contributed by atoms with van der Waals surface area (Å²) >= 11 is 0. The lowest BCUT2D eigenvalue weighted by Gasteiger charge is -2.41. The summed E-state index contributed by atoms with van der Waals surface area (Å²) in [6.45, 7) is 6.76. The minimum absolute atomic E-state index is 0.0281. The summed E-state index contributed by atoms with van der Waals surface area (Å²) in [5.74, 6) is 1.05. The minimum atomic E-state index is -0.264. The van der Waals surface area contributed by atoms with Gasteiger partial charge >= 0.3 is 6.03 Å². The maximum Gasteiger partial charge on any atom is 0.324 e. The van der Waals surface area contributed by atoms with Gasteiger partial charge in [0.15, 0.2) is 0 Å². The van der Waals surface area contributed by atoms with E-state index >= 15 is 0 Å². The Morgan fingerprint density at radius 3 is 2.77 bits per heavy atom. The van der Waals surface area contributed by atoms with Crippen LogP contribution in [-0.2, 0) is 4.79 Å². The van der Waals surface area contributed by atoms with Crippen molar-refractivity contribution in [2.75, 3.05) is 6.54 Å². The number of fused-ring (bicyclic) bond motifs is 1. The maximum atomic E-state index is 12.9. The number of nitrogens with one attached hydrogen (secondary N) is 1. The van der Waals surface area contributed by atoms with Gasteiger partial charge < -0.3 is 9.84 Å². The van der Waals surface area contributed by atoms with Crippen LogP contribution in [0.1, 0.15) is 68.4 Å². The molecule has 1 aliphatic carbocycles. The van der Waals surface area contributed by atoms with Crippen molar-refractivity contribution in [1.29, 1.82) is 0 Å². The Balaban J connectivity index is 1.44. The number of carbonyl (C=O) groups is 2. The number of amides is 3. The smallest absolute Gasteiger partial charge is 0.324 e. The first-order valence-corrected chi connectivity index (χ1v) is 11.0. The zero-order valence-electron chi connectivity index (χ0n) is 18.0. The van der Waals surface area contributed by atoms with Crippen molar-refractivity contribution in [3.63, 3.8) is 0 Å². The Kier molecular flexibility index (Phi) is 5.88. The molecule has 2 heterocycles. The Labute approximate surface area is 177 Å². The molecule has 3 atom stereocenters. The number of hydrogen-bond acceptors (Lipinski definition) is 5. The largest absolute Gasteiger partial charge is 0.339 e. The molecule has 0 radical (unpaired) electrons. The van der Waals surface area contributed by atoms with Gasteiger partial charge in [0, 0.05) is 24.1 Å². The molecule has 0 spiro atoms. The second-order valence-electron chi connectivity index (χ2n) is 8.62. The summed E-state index contributed by atoms with van der Waals surface area (Å²) in [7, 11) is 0. The highest BCUT2D eigenvalue weighted by Crippen LogP contribution is 2.38. The van der Waals surface area contributed by atoms with Gasteiger partial charge in [0.2, 0.25) is 17.6 Å². The molecule has 0 bridgehead atoms. The summed E-state index contributed by atoms with van der Waals surface area (Å²) < 4.78 is 5.58. The SMILES string of the molecule is CCCCCN1C(=O)NC2CC(c3nc(-c4ccc(C)c(C)c4)no3)CCC2C1=O. The van der Waals surface area contributed by atoms with Crippen LogP contribution in [-0.4, -0.2) is 39.6 Å². The Bertz CT molecular complexity index is 938. The van der Waals surface area contributed by atoms with Gasteiger partial charge in [-0.25, -0.2) is 4.79 Å². The van der Waals surface area contributed by atoms with Crippen molar-refractivity contribution in [1.82, 2.24) is 20.4 Å². The van der Waals surface area contributed by atoms with Crippen molar-refractivity contribution >= 4 is 11.9 Å². The third-order valence-electron chi connectivity index (χ3n) is 6.53. The Morgan fingerprint density at radius 2 is 2.00 bits per heavy atom. The lowest BCUT2D eigenvalue weighted by molar-refractivity contribution is -0.136. The first-order chi connectivity index (χ1) is 14.5. The van der Waals surface area contributed by atoms with E-state index in [2.05, 4.69) is 48.4 Å². The van der Waals surface area contributed by atoms with Gasteiger partial charge in [0.1, 0.15) is 0 Å². The van der Waals surface area contributed by atoms with Crippen molar-refractivity contribution in [2.24, 2.45) is 5.92 Å². The third-order valence-corrected chi connectivity index (χ3v) is 6.53. The van der Waals surface area contributed by atoms with Crippen molar-refractivity contribution in [3.8, 4) is 11.4 Å². The summed E-state index contributed by atoms with van der Waals surface area (Å²) in [6, 6.07) is 5.69. The van der Waals surface area contributed by atoms with E-state index in [9.17, 15) is 9.59 Å². The van der Waals surface area contributed by atoms with Crippen molar-refractivity contribution in [2.45, 2.75) is 71.3 Å². The quantitative estimate of drug-likeness (QED) is 0.716. The second kappa shape index (κ2) is 8.58. The highest BCUT2D eigenvalue weighted by molar-refractivity contribution is 5.98. The number of unbranched alkanes of at least 4 members (excludes halogenated alkanes) is 2. The van der Waals surface area contributed by atoms with Crippen LogP contribution in [0.15, 0.2) is 22.7 Å². The molecule has 160 valence electrons. The van der Waals surface area contributed by atoms with Crippen LogP contribution >= 0.6 is 0 Å². The molecular formula is C23H30N4O3. The van der Waals surface area contributed by atoms with E-state index in [1.165, 1.54) is 16.0 Å². The molecule has 1 saturated heterocycles. The molecule has 3 unspecified atom stereocenters. The van der Waals surface area contributed by atoms with Crippen molar-refractivity contribution in [3.05, 3.63) is 35.2 Å². The lowest BCUT2D eigenvalue weighted by atomic mass is 9.76. The van der Waals surface area contributed by atoms with E-state index in [0.29, 0.717) is 24.7 Å². The number of rotatable bonds is 6. The molecule has 1 N–H and O–H groups in total. The lowest BCUT2D eigenvalue weighted by Crippen LogP contribution is -2.61. The van der Waals surface area contributed by atoms with Gasteiger partial charge in [-0.05, 0) is 56.7 Å². The Hall–Kier alpha value is -2.70. The number of imide groups is 1. The minimum Gasteiger partial charge on any atom is -0.339 e. The molecule has 2 aromatic rings. The molecule has 1 aromatic carbocycles. The fourth-order valence-corrected chi connectivity index (χ4v) is 4.52. The van der Waals surface area contributed by atoms with E-state index < -0.39 is 0 Å². The second-order valence-corrected chi connectivity index (χ2v) is 8.62. The van der Waals surface area contributed by atoms with Crippen LogP contribution in [0.2, 0.25) is 0 Å². The number of hydrogen-bond donors (Lipinski definition) is 1. The van der Waals surface area contributed by atoms with Gasteiger partial charge in [-0.15, -0.1) is 0 Å². The van der Waals surface area contributed by atoms with Gasteiger partial charge in [-0.1, -0.05) is 37.1 Å². The molecular weight excluding hydrogens is 380 g/mol. The summed E-state index contributed by atoms with van der Waals surface area (Å²) in [6.07, 6.45) is 5.12. The standard InChI is InChI=1S/C23H30N4O3/c1-4-5-6-11-27-22(28)18-10-9-17(13-19(18)24-23(27)29)21-25-20(26-30-21)16-8-7-14(2)15(3)12-16/h7-8,12,17-19H,4-6,9-11,13H2,1-3H3,(H,24,29). The average Bonchev–Trinajstić information content (AvgIpc) is 3.22. The molecule has 1 aromatic heterocycles. The highest BCUT2D eigenvalue weighted by atomic mass is 16.5. The molecule has 4 rings (SSSR count). The summed E-state index contributed by atoms with van der Waals surface area (Å²) in [4.78, 5) is 31.4. The molecule has 7 nitrogen and oxygen atoms in total. The molecule has 7 heteroatoms. The van der Waals surface area contributed by atoms with Crippen LogP contribution in [0.3, 0.4) is 0 Å². The summed E-state index contributed by atoms with van der Waals surface area (Å²) in [5.41, 5.74) is 3.35. The average molecular weight is 411 g/mol. The highest BCUT2D eigenvalue weighted by Gasteiger charge is 2.45. The van der Waals surface area contributed by atoms with Crippen LogP contribution in [0, 0.1) is 19.8 Å². The van der Waals surface area contributed by atoms with Crippen LogP contribution in [0.5, 0.6) is 0 Å². The van der Waals surface area contributed by atoms with Gasteiger partial charge in [0.05, 0.1) is 5.92 Å². The predicted molar refractivity (Wildman–Crippen MR) is 113 cm³/mol. The van der Waals surface area contributed by atoms with E-state index in [-0.39, 0.29) is 29.8 Å². The van der Waals surface area contributed by atoms with Gasteiger partial charge in [0.25, 0.3) is 0 Å². The monoisotopic (exact) mass is 410 g/mol. The normalized spacial score (nSPS) is 24.0. The third kappa shape index (κ3) is 3.98. The molecule has 30 heavy (non-hydrogen) atoms. The van der Waals surface area contributed by atoms with E-state index in [1.54, 1.807) is 0 Å². The van der Waals surface area contributed by atoms with E-state index in [4.69, 9.17) is 4.52 Å². The van der Waals surface area contributed by atoms with Gasteiger partial charge in [-0.2, -0.15) is 4.98 Å². The zero-order chi connectivity index (χ0) is 21.3. The topological polar surface area (TPSA) is 88.3 Å². The van der Waals surface area contributed by atoms with Crippen LogP contribution in [0.25, 0.3) is 11.4 Å². The van der Waals surface area contributed by atoms with Crippen LogP contribution < -0.4 is 5.32 Å². The van der Waals surface area contributed by atoms with Gasteiger partial charge in [-0.3, -0.25) is 9.69 Å². The molecule has 1 aliphatic heterocycles. The number of carbonyl (C=O) groups excluding carboxylic acids is 2. The van der Waals surface area contributed by atoms with Crippen LogP contribution in [0.4, 0.5) is 4.79 Å². The van der Waals surface area contributed by atoms with E-state index in [1.807, 2.05) is 6.07 Å². The number of nitrogens with zero attached hydrogens (tertiary/aromatic N) is 3. The first-order valence-electron chi connectivity index (χ1n) is 11.0. The predicted octanol–water partition coefficient (Wildman–Crippen LogP) is 4.35. The fourth-order valence-electron chi connectivity index (χ4n) is 4.52. The number of benzene rings is 1. The molecule has 2 fully saturated rings. The zero-order valence-corrected chi connectivity index (χ0v) is 18.0.